The van der Waals surface area contributed by atoms with Crippen molar-refractivity contribution in [2.45, 2.75) is 32.1 Å². The summed E-state index contributed by atoms with van der Waals surface area (Å²) in [5.41, 5.74) is 0.724. The van der Waals surface area contributed by atoms with Crippen LogP contribution in [0.2, 0.25) is 0 Å². The Bertz CT molecular complexity index is 821. The third-order valence-electron chi connectivity index (χ3n) is 5.76. The first-order valence-corrected chi connectivity index (χ1v) is 10.3. The average molecular weight is 383 g/mol. The number of carbonyl (C=O) groups is 1. The molecular formula is C17H22FN3O4S. The number of rotatable bonds is 4. The van der Waals surface area contributed by atoms with Gasteiger partial charge in [0.1, 0.15) is 18.0 Å². The van der Waals surface area contributed by atoms with E-state index < -0.39 is 39.9 Å². The van der Waals surface area contributed by atoms with Gasteiger partial charge in [0.05, 0.1) is 0 Å². The van der Waals surface area contributed by atoms with E-state index in [4.69, 9.17) is 0 Å². The van der Waals surface area contributed by atoms with E-state index in [2.05, 4.69) is 4.90 Å². The molecule has 1 aromatic rings. The molecule has 1 aliphatic carbocycles. The largest absolute Gasteiger partial charge is 0.506 e. The molecule has 7 nitrogen and oxygen atoms in total. The van der Waals surface area contributed by atoms with Gasteiger partial charge in [-0.1, -0.05) is 0 Å². The normalized spacial score (nSPS) is 24.0. The minimum atomic E-state index is -4.16. The van der Waals surface area contributed by atoms with Crippen molar-refractivity contribution in [3.63, 3.8) is 0 Å². The zero-order valence-corrected chi connectivity index (χ0v) is 15.2. The molecule has 2 N–H and O–H groups in total. The van der Waals surface area contributed by atoms with Gasteiger partial charge in [-0.15, -0.1) is 0 Å². The van der Waals surface area contributed by atoms with Crippen molar-refractivity contribution in [1.29, 1.82) is 0 Å². The van der Waals surface area contributed by atoms with Crippen molar-refractivity contribution in [3.05, 3.63) is 23.5 Å². The van der Waals surface area contributed by atoms with Gasteiger partial charge in [-0.25, -0.2) is 13.4 Å². The molecule has 0 bridgehead atoms. The molecule has 1 amide bonds. The number of halogens is 1. The molecule has 2 aliphatic heterocycles. The Hall–Kier alpha value is -1.87. The van der Waals surface area contributed by atoms with Crippen LogP contribution in [0.15, 0.2) is 12.1 Å². The Morgan fingerprint density at radius 2 is 1.88 bits per heavy atom. The van der Waals surface area contributed by atoms with Crippen LogP contribution in [0.25, 0.3) is 0 Å². The summed E-state index contributed by atoms with van der Waals surface area (Å²) in [6.07, 6.45) is 5.71. The molecule has 1 saturated carbocycles. The molecule has 26 heavy (non-hydrogen) atoms. The maximum absolute atomic E-state index is 14.5. The number of anilines is 1. The number of nitrogens with one attached hydrogen (secondary N) is 1. The lowest BCUT2D eigenvalue weighted by Gasteiger charge is -2.32. The van der Waals surface area contributed by atoms with Crippen LogP contribution in [-0.2, 0) is 21.4 Å². The lowest BCUT2D eigenvalue weighted by Crippen LogP contribution is -2.35. The van der Waals surface area contributed by atoms with Crippen LogP contribution in [0.4, 0.5) is 10.1 Å². The van der Waals surface area contributed by atoms with Crippen molar-refractivity contribution in [2.24, 2.45) is 5.41 Å². The molecule has 1 spiro atoms. The summed E-state index contributed by atoms with van der Waals surface area (Å²) in [4.78, 5) is 13.7. The van der Waals surface area contributed by atoms with Gasteiger partial charge in [-0.2, -0.15) is 8.42 Å². The summed E-state index contributed by atoms with van der Waals surface area (Å²) in [6, 6.07) is 2.61. The standard InChI is InChI=1S/C17H22FN3O4S/c18-13-9-12(1-6-20-7-4-17(2-3-17)5-8-20)10-14(22)16(13)21-11-15(23)19-26(21,24)25/h9-10,22H,1-8,11H2,(H,19,23). The minimum absolute atomic E-state index is 0.476. The van der Waals surface area contributed by atoms with Crippen molar-refractivity contribution in [3.8, 4) is 5.75 Å². The van der Waals surface area contributed by atoms with Gasteiger partial charge < -0.3 is 10.0 Å². The molecule has 0 radical (unpaired) electrons. The fraction of sp³-hybridized carbons (Fsp3) is 0.588. The molecule has 3 aliphatic rings. The van der Waals surface area contributed by atoms with Gasteiger partial charge in [0.2, 0.25) is 0 Å². The SMILES string of the molecule is O=C1CN(c2c(O)cc(CCN3CCC4(CC3)CC4)cc2F)S(=O)(=O)N1. The van der Waals surface area contributed by atoms with Gasteiger partial charge in [0.25, 0.3) is 5.91 Å². The van der Waals surface area contributed by atoms with Crippen LogP contribution >= 0.6 is 0 Å². The third kappa shape index (κ3) is 3.25. The number of aromatic hydroxyl groups is 1. The van der Waals surface area contributed by atoms with E-state index in [0.29, 0.717) is 21.7 Å². The fourth-order valence-electron chi connectivity index (χ4n) is 3.89. The Labute approximate surface area is 152 Å². The topological polar surface area (TPSA) is 90.0 Å². The molecule has 3 fully saturated rings. The third-order valence-corrected chi connectivity index (χ3v) is 7.14. The van der Waals surface area contributed by atoms with Crippen LogP contribution < -0.4 is 9.03 Å². The van der Waals surface area contributed by atoms with Crippen LogP contribution in [0, 0.1) is 11.2 Å². The number of amides is 1. The van der Waals surface area contributed by atoms with Gasteiger partial charge in [-0.05, 0) is 68.3 Å². The zero-order valence-electron chi connectivity index (χ0n) is 14.4. The van der Waals surface area contributed by atoms with Crippen LogP contribution in [0.1, 0.15) is 31.2 Å². The molecule has 0 atom stereocenters. The zero-order chi connectivity index (χ0) is 18.5. The number of piperidine rings is 1. The highest BCUT2D eigenvalue weighted by molar-refractivity contribution is 7.92. The number of nitrogens with zero attached hydrogens (tertiary/aromatic N) is 2. The number of phenols is 1. The van der Waals surface area contributed by atoms with E-state index >= 15 is 0 Å². The molecule has 0 unspecified atom stereocenters. The summed E-state index contributed by atoms with van der Waals surface area (Å²) in [6.45, 7) is 2.33. The van der Waals surface area contributed by atoms with Crippen molar-refractivity contribution in [1.82, 2.24) is 9.62 Å². The second-order valence-corrected chi connectivity index (χ2v) is 9.17. The Kier molecular flexibility index (Phi) is 4.11. The van der Waals surface area contributed by atoms with Gasteiger partial charge >= 0.3 is 10.2 Å². The number of likely N-dealkylation sites (tertiary alicyclic amines) is 1. The number of hydrogen-bond acceptors (Lipinski definition) is 5. The highest BCUT2D eigenvalue weighted by atomic mass is 32.2. The Balaban J connectivity index is 1.45. The summed E-state index contributed by atoms with van der Waals surface area (Å²) < 4.78 is 40.5. The predicted octanol–water partition coefficient (Wildman–Crippen LogP) is 1.13. The van der Waals surface area contributed by atoms with Crippen molar-refractivity contribution >= 4 is 21.8 Å². The maximum Gasteiger partial charge on any atom is 0.326 e. The highest BCUT2D eigenvalue weighted by Gasteiger charge is 2.44. The van der Waals surface area contributed by atoms with E-state index in [1.807, 2.05) is 0 Å². The second kappa shape index (κ2) is 6.09. The Morgan fingerprint density at radius 1 is 1.19 bits per heavy atom. The Morgan fingerprint density at radius 3 is 2.42 bits per heavy atom. The summed E-state index contributed by atoms with van der Waals surface area (Å²) >= 11 is 0. The minimum Gasteiger partial charge on any atom is -0.506 e. The number of phenolic OH excluding ortho intramolecular Hbond substituents is 1. The van der Waals surface area contributed by atoms with Gasteiger partial charge in [-0.3, -0.25) is 4.79 Å². The second-order valence-electron chi connectivity index (χ2n) is 7.57. The molecule has 4 rings (SSSR count). The molecule has 2 heterocycles. The van der Waals surface area contributed by atoms with Gasteiger partial charge in [0, 0.05) is 6.54 Å². The molecular weight excluding hydrogens is 361 g/mol. The summed E-state index contributed by atoms with van der Waals surface area (Å²) in [5.74, 6) is -2.09. The van der Waals surface area contributed by atoms with E-state index in [9.17, 15) is 22.7 Å². The maximum atomic E-state index is 14.5. The summed E-state index contributed by atoms with van der Waals surface area (Å²) in [7, 11) is -4.16. The molecule has 1 aromatic carbocycles. The monoisotopic (exact) mass is 383 g/mol. The molecule has 9 heteroatoms. The highest BCUT2D eigenvalue weighted by Crippen LogP contribution is 2.53. The first-order valence-electron chi connectivity index (χ1n) is 8.85. The first-order chi connectivity index (χ1) is 12.3. The molecule has 142 valence electrons. The van der Waals surface area contributed by atoms with Crippen LogP contribution in [-0.4, -0.2) is 50.5 Å². The molecule has 0 aromatic heterocycles. The first kappa shape index (κ1) is 17.5. The quantitative estimate of drug-likeness (QED) is 0.814. The van der Waals surface area contributed by atoms with Crippen LogP contribution in [0.5, 0.6) is 5.75 Å². The molecule has 2 saturated heterocycles. The van der Waals surface area contributed by atoms with Gasteiger partial charge in [0.15, 0.2) is 5.82 Å². The van der Waals surface area contributed by atoms with E-state index in [-0.39, 0.29) is 0 Å². The van der Waals surface area contributed by atoms with E-state index in [0.717, 1.165) is 19.6 Å². The number of carbonyl (C=O) groups excluding carboxylic acids is 1. The van der Waals surface area contributed by atoms with Crippen LogP contribution in [0.3, 0.4) is 0 Å². The fourth-order valence-corrected chi connectivity index (χ4v) is 5.06. The van der Waals surface area contributed by atoms with E-state index in [1.165, 1.54) is 37.8 Å². The summed E-state index contributed by atoms with van der Waals surface area (Å²) in [5, 5.41) is 10.2. The number of benzene rings is 1. The lowest BCUT2D eigenvalue weighted by atomic mass is 9.93. The van der Waals surface area contributed by atoms with Crippen molar-refractivity contribution < 1.29 is 22.7 Å². The number of hydrogen-bond donors (Lipinski definition) is 2. The average Bonchev–Trinajstić information content (AvgIpc) is 3.25. The van der Waals surface area contributed by atoms with Crippen molar-refractivity contribution in [2.75, 3.05) is 30.5 Å². The predicted molar refractivity (Wildman–Crippen MR) is 93.5 cm³/mol. The smallest absolute Gasteiger partial charge is 0.326 e. The van der Waals surface area contributed by atoms with E-state index in [1.54, 1.807) is 4.72 Å². The lowest BCUT2D eigenvalue weighted by molar-refractivity contribution is -0.117.